The largest absolute Gasteiger partial charge is 0.452 e. The molecule has 1 aliphatic rings. The molecule has 4 nitrogen and oxygen atoms in total. The van der Waals surface area contributed by atoms with Crippen LogP contribution in [0.5, 0.6) is 5.75 Å². The van der Waals surface area contributed by atoms with Crippen molar-refractivity contribution in [2.45, 2.75) is 0 Å². The van der Waals surface area contributed by atoms with Crippen LogP contribution in [0, 0.1) is 5.82 Å². The Morgan fingerprint density at radius 1 is 1.00 bits per heavy atom. The molecule has 0 atom stereocenters. The molecule has 6 heteroatoms. The van der Waals surface area contributed by atoms with E-state index >= 15 is 0 Å². The van der Waals surface area contributed by atoms with E-state index in [1.165, 1.54) is 12.1 Å². The minimum atomic E-state index is -0.323. The molecule has 146 valence electrons. The van der Waals surface area contributed by atoms with Gasteiger partial charge in [-0.2, -0.15) is 5.10 Å². The minimum Gasteiger partial charge on any atom is -0.452 e. The smallest absolute Gasteiger partial charge is 0.232 e. The number of fused-ring (bicyclic) bond motifs is 1. The number of allylic oxidation sites excluding steroid dienone is 1. The van der Waals surface area contributed by atoms with Gasteiger partial charge in [0.05, 0.1) is 11.3 Å². The second-order valence-corrected chi connectivity index (χ2v) is 7.72. The first kappa shape index (κ1) is 18.5. The predicted molar refractivity (Wildman–Crippen MR) is 116 cm³/mol. The summed E-state index contributed by atoms with van der Waals surface area (Å²) in [6, 6.07) is 21.1. The molecule has 0 fully saturated rings. The molecule has 4 aromatic rings. The zero-order valence-corrected chi connectivity index (χ0v) is 17.1. The molecule has 0 unspecified atom stereocenters. The number of ether oxygens (including phenoxy) is 1. The van der Waals surface area contributed by atoms with E-state index < -0.39 is 0 Å². The molecular weight excluding hydrogens is 447 g/mol. The molecule has 0 radical (unpaired) electrons. The van der Waals surface area contributed by atoms with Crippen molar-refractivity contribution < 1.29 is 13.9 Å². The van der Waals surface area contributed by atoms with E-state index in [1.54, 1.807) is 35.0 Å². The van der Waals surface area contributed by atoms with E-state index in [1.807, 2.05) is 42.6 Å². The van der Waals surface area contributed by atoms with Crippen LogP contribution in [0.15, 0.2) is 89.2 Å². The molecule has 0 aliphatic carbocycles. The molecular formula is C24H14BrFN2O2. The van der Waals surface area contributed by atoms with Crippen LogP contribution < -0.4 is 4.74 Å². The Kier molecular flexibility index (Phi) is 4.56. The second-order valence-electron chi connectivity index (χ2n) is 6.80. The number of carbonyl (C=O) groups is 1. The zero-order chi connectivity index (χ0) is 20.7. The van der Waals surface area contributed by atoms with Crippen LogP contribution in [-0.4, -0.2) is 15.6 Å². The molecule has 2 heterocycles. The van der Waals surface area contributed by atoms with Crippen molar-refractivity contribution in [2.24, 2.45) is 0 Å². The van der Waals surface area contributed by atoms with Crippen LogP contribution in [0.1, 0.15) is 15.9 Å². The monoisotopic (exact) mass is 460 g/mol. The van der Waals surface area contributed by atoms with Gasteiger partial charge >= 0.3 is 0 Å². The summed E-state index contributed by atoms with van der Waals surface area (Å²) in [7, 11) is 0. The van der Waals surface area contributed by atoms with Crippen molar-refractivity contribution in [3.63, 3.8) is 0 Å². The molecule has 1 aliphatic heterocycles. The van der Waals surface area contributed by atoms with Gasteiger partial charge < -0.3 is 4.74 Å². The van der Waals surface area contributed by atoms with Gasteiger partial charge in [-0.15, -0.1) is 0 Å². The highest BCUT2D eigenvalue weighted by Crippen LogP contribution is 2.35. The first-order valence-corrected chi connectivity index (χ1v) is 10.0. The molecule has 0 spiro atoms. The molecule has 0 amide bonds. The Hall–Kier alpha value is -3.51. The number of para-hydroxylation sites is 1. The average Bonchev–Trinajstić information content (AvgIpc) is 3.31. The van der Waals surface area contributed by atoms with Crippen LogP contribution in [0.25, 0.3) is 23.0 Å². The standard InChI is InChI=1S/C24H14BrFN2O2/c25-17-8-11-21-20(13-17)24(29)22(30-21)12-16-14-28(19-4-2-1-3-5-19)27-23(16)15-6-9-18(26)10-7-15/h1-14H/b22-12-. The average molecular weight is 461 g/mol. The molecule has 0 saturated carbocycles. The summed E-state index contributed by atoms with van der Waals surface area (Å²) >= 11 is 3.39. The van der Waals surface area contributed by atoms with Crippen molar-refractivity contribution in [2.75, 3.05) is 0 Å². The Labute approximate surface area is 180 Å². The van der Waals surface area contributed by atoms with Gasteiger partial charge in [0.1, 0.15) is 17.3 Å². The van der Waals surface area contributed by atoms with Gasteiger partial charge in [0.2, 0.25) is 5.78 Å². The summed E-state index contributed by atoms with van der Waals surface area (Å²) in [5.41, 5.74) is 3.44. The zero-order valence-electron chi connectivity index (χ0n) is 15.5. The lowest BCUT2D eigenvalue weighted by Crippen LogP contribution is -1.98. The van der Waals surface area contributed by atoms with Gasteiger partial charge in [-0.1, -0.05) is 34.1 Å². The number of carbonyl (C=O) groups excluding carboxylic acids is 1. The lowest BCUT2D eigenvalue weighted by molar-refractivity contribution is 0.101. The third kappa shape index (κ3) is 3.35. The van der Waals surface area contributed by atoms with Gasteiger partial charge in [0.15, 0.2) is 5.76 Å². The highest BCUT2D eigenvalue weighted by molar-refractivity contribution is 9.10. The fourth-order valence-electron chi connectivity index (χ4n) is 3.34. The lowest BCUT2D eigenvalue weighted by atomic mass is 10.1. The summed E-state index contributed by atoms with van der Waals surface area (Å²) in [4.78, 5) is 12.8. The molecule has 0 bridgehead atoms. The van der Waals surface area contributed by atoms with Gasteiger partial charge in [0, 0.05) is 21.8 Å². The summed E-state index contributed by atoms with van der Waals surface area (Å²) in [6.45, 7) is 0. The van der Waals surface area contributed by atoms with Crippen molar-refractivity contribution >= 4 is 27.8 Å². The Morgan fingerprint density at radius 2 is 1.77 bits per heavy atom. The Balaban J connectivity index is 1.62. The highest BCUT2D eigenvalue weighted by Gasteiger charge is 2.28. The summed E-state index contributed by atoms with van der Waals surface area (Å²) in [5.74, 6) is 0.229. The first-order valence-electron chi connectivity index (χ1n) is 9.23. The van der Waals surface area contributed by atoms with Gasteiger partial charge in [-0.3, -0.25) is 4.79 Å². The van der Waals surface area contributed by atoms with Gasteiger partial charge in [-0.05, 0) is 60.7 Å². The molecule has 30 heavy (non-hydrogen) atoms. The summed E-state index contributed by atoms with van der Waals surface area (Å²) in [6.07, 6.45) is 3.51. The van der Waals surface area contributed by atoms with Crippen LogP contribution in [0.4, 0.5) is 4.39 Å². The Morgan fingerprint density at radius 3 is 2.53 bits per heavy atom. The number of nitrogens with zero attached hydrogens (tertiary/aromatic N) is 2. The normalized spacial score (nSPS) is 14.1. The molecule has 0 N–H and O–H groups in total. The topological polar surface area (TPSA) is 44.1 Å². The van der Waals surface area contributed by atoms with Gasteiger partial charge in [0.25, 0.3) is 0 Å². The van der Waals surface area contributed by atoms with E-state index in [0.29, 0.717) is 22.6 Å². The minimum absolute atomic E-state index is 0.191. The number of benzene rings is 3. The molecule has 1 aromatic heterocycles. The second kappa shape index (κ2) is 7.39. The summed E-state index contributed by atoms with van der Waals surface area (Å²) in [5, 5.41) is 4.69. The first-order chi connectivity index (χ1) is 14.6. The maximum atomic E-state index is 13.4. The fourth-order valence-corrected chi connectivity index (χ4v) is 3.70. The number of rotatable bonds is 3. The highest BCUT2D eigenvalue weighted by atomic mass is 79.9. The number of hydrogen-bond acceptors (Lipinski definition) is 3. The van der Waals surface area contributed by atoms with E-state index in [9.17, 15) is 9.18 Å². The van der Waals surface area contributed by atoms with E-state index in [0.717, 1.165) is 15.7 Å². The van der Waals surface area contributed by atoms with Crippen molar-refractivity contribution in [3.05, 3.63) is 106 Å². The van der Waals surface area contributed by atoms with E-state index in [-0.39, 0.29) is 17.4 Å². The van der Waals surface area contributed by atoms with Crippen molar-refractivity contribution in [1.82, 2.24) is 9.78 Å². The van der Waals surface area contributed by atoms with Crippen LogP contribution in [0.2, 0.25) is 0 Å². The molecule has 5 rings (SSSR count). The third-order valence-electron chi connectivity index (χ3n) is 4.80. The maximum absolute atomic E-state index is 13.4. The quantitative estimate of drug-likeness (QED) is 0.349. The number of Topliss-reactive ketones (excluding diaryl/α,β-unsaturated/α-hetero) is 1. The SMILES string of the molecule is O=C1/C(=C/c2cn(-c3ccccc3)nc2-c2ccc(F)cc2)Oc2ccc(Br)cc21. The van der Waals surface area contributed by atoms with Crippen molar-refractivity contribution in [1.29, 1.82) is 0 Å². The van der Waals surface area contributed by atoms with Crippen LogP contribution >= 0.6 is 15.9 Å². The number of aromatic nitrogens is 2. The van der Waals surface area contributed by atoms with E-state index in [4.69, 9.17) is 4.74 Å². The number of hydrogen-bond donors (Lipinski definition) is 0. The van der Waals surface area contributed by atoms with Crippen LogP contribution in [0.3, 0.4) is 0 Å². The summed E-state index contributed by atoms with van der Waals surface area (Å²) < 4.78 is 21.8. The van der Waals surface area contributed by atoms with Crippen molar-refractivity contribution in [3.8, 4) is 22.7 Å². The molecule has 3 aromatic carbocycles. The number of halogens is 2. The predicted octanol–water partition coefficient (Wildman–Crippen LogP) is 6.06. The third-order valence-corrected chi connectivity index (χ3v) is 5.29. The Bertz CT molecular complexity index is 1290. The fraction of sp³-hybridized carbons (Fsp3) is 0. The van der Waals surface area contributed by atoms with Crippen LogP contribution in [-0.2, 0) is 0 Å². The lowest BCUT2D eigenvalue weighted by Gasteiger charge is -2.01. The van der Waals surface area contributed by atoms with Gasteiger partial charge in [-0.25, -0.2) is 9.07 Å². The molecule has 0 saturated heterocycles. The van der Waals surface area contributed by atoms with E-state index in [2.05, 4.69) is 21.0 Å². The maximum Gasteiger partial charge on any atom is 0.232 e. The number of ketones is 1.